The summed E-state index contributed by atoms with van der Waals surface area (Å²) in [5.41, 5.74) is 2.03. The van der Waals surface area contributed by atoms with Crippen molar-refractivity contribution in [1.82, 2.24) is 19.9 Å². The van der Waals surface area contributed by atoms with Gasteiger partial charge in [-0.25, -0.2) is 9.97 Å². The van der Waals surface area contributed by atoms with Gasteiger partial charge in [0.2, 0.25) is 5.88 Å². The number of nitrogens with zero attached hydrogens (tertiary/aromatic N) is 5. The van der Waals surface area contributed by atoms with Crippen LogP contribution in [-0.4, -0.2) is 52.6 Å². The lowest BCUT2D eigenvalue weighted by Crippen LogP contribution is -2.51. The molecule has 1 aliphatic rings. The predicted octanol–water partition coefficient (Wildman–Crippen LogP) is 2.81. The fourth-order valence-electron chi connectivity index (χ4n) is 3.17. The lowest BCUT2D eigenvalue weighted by atomic mass is 10.2. The molecule has 25 heavy (non-hydrogen) atoms. The van der Waals surface area contributed by atoms with E-state index >= 15 is 0 Å². The van der Waals surface area contributed by atoms with Crippen LogP contribution in [0, 0.1) is 0 Å². The summed E-state index contributed by atoms with van der Waals surface area (Å²) in [6.07, 6.45) is 3.66. The Morgan fingerprint density at radius 1 is 1.24 bits per heavy atom. The number of thiazole rings is 1. The van der Waals surface area contributed by atoms with Gasteiger partial charge in [0.1, 0.15) is 5.52 Å². The Kier molecular flexibility index (Phi) is 4.50. The van der Waals surface area contributed by atoms with E-state index in [2.05, 4.69) is 32.8 Å². The molecular weight excluding hydrogens is 334 g/mol. The lowest BCUT2D eigenvalue weighted by molar-refractivity contribution is 0.178. The molecule has 1 unspecified atom stereocenters. The minimum atomic E-state index is 0.437. The fraction of sp³-hybridized carbons (Fsp3) is 0.389. The number of rotatable bonds is 4. The van der Waals surface area contributed by atoms with Gasteiger partial charge >= 0.3 is 0 Å². The Bertz CT molecular complexity index is 834. The zero-order valence-corrected chi connectivity index (χ0v) is 15.2. The van der Waals surface area contributed by atoms with E-state index in [9.17, 15) is 0 Å². The molecule has 0 saturated carbocycles. The summed E-state index contributed by atoms with van der Waals surface area (Å²) in [5.74, 6) is 0.673. The number of hydrogen-bond acceptors (Lipinski definition) is 7. The van der Waals surface area contributed by atoms with Crippen LogP contribution in [0.4, 0.5) is 5.13 Å². The Morgan fingerprint density at radius 3 is 2.96 bits per heavy atom. The van der Waals surface area contributed by atoms with E-state index in [1.54, 1.807) is 18.4 Å². The van der Waals surface area contributed by atoms with Gasteiger partial charge in [-0.2, -0.15) is 0 Å². The molecule has 1 aliphatic heterocycles. The number of aromatic nitrogens is 3. The molecule has 0 bridgehead atoms. The van der Waals surface area contributed by atoms with Gasteiger partial charge in [-0.05, 0) is 19.1 Å². The van der Waals surface area contributed by atoms with Crippen LogP contribution in [0.1, 0.15) is 12.6 Å². The first kappa shape index (κ1) is 16.2. The van der Waals surface area contributed by atoms with E-state index in [4.69, 9.17) is 9.72 Å². The number of anilines is 1. The average Bonchev–Trinajstić information content (AvgIpc) is 3.08. The zero-order valence-electron chi connectivity index (χ0n) is 14.4. The molecule has 130 valence electrons. The zero-order chi connectivity index (χ0) is 17.2. The van der Waals surface area contributed by atoms with Crippen LogP contribution in [0.2, 0.25) is 0 Å². The maximum atomic E-state index is 5.22. The molecule has 3 aromatic rings. The summed E-state index contributed by atoms with van der Waals surface area (Å²) < 4.78 is 6.42. The van der Waals surface area contributed by atoms with E-state index in [0.29, 0.717) is 11.9 Å². The van der Waals surface area contributed by atoms with Crippen LogP contribution >= 0.6 is 11.3 Å². The van der Waals surface area contributed by atoms with Gasteiger partial charge < -0.3 is 9.64 Å². The fourth-order valence-corrected chi connectivity index (χ4v) is 4.14. The SMILES string of the molecule is COc1cccc(CN2CCN(c3nc4cnccc4s3)CC2C)n1. The van der Waals surface area contributed by atoms with Gasteiger partial charge in [0, 0.05) is 44.5 Å². The first-order valence-corrected chi connectivity index (χ1v) is 9.24. The monoisotopic (exact) mass is 355 g/mol. The summed E-state index contributed by atoms with van der Waals surface area (Å²) in [5, 5.41) is 1.09. The summed E-state index contributed by atoms with van der Waals surface area (Å²) in [7, 11) is 1.65. The van der Waals surface area contributed by atoms with E-state index in [0.717, 1.165) is 42.5 Å². The van der Waals surface area contributed by atoms with Crippen LogP contribution in [0.3, 0.4) is 0 Å². The highest BCUT2D eigenvalue weighted by atomic mass is 32.1. The van der Waals surface area contributed by atoms with Crippen molar-refractivity contribution in [2.24, 2.45) is 0 Å². The molecule has 0 spiro atoms. The largest absolute Gasteiger partial charge is 0.481 e. The summed E-state index contributed by atoms with van der Waals surface area (Å²) >= 11 is 1.74. The molecule has 0 aromatic carbocycles. The Balaban J connectivity index is 1.44. The Labute approximate surface area is 151 Å². The second-order valence-corrected chi connectivity index (χ2v) is 7.29. The van der Waals surface area contributed by atoms with Crippen molar-refractivity contribution in [2.75, 3.05) is 31.6 Å². The summed E-state index contributed by atoms with van der Waals surface area (Å²) in [4.78, 5) is 18.3. The van der Waals surface area contributed by atoms with Crippen molar-refractivity contribution < 1.29 is 4.74 Å². The van der Waals surface area contributed by atoms with Crippen molar-refractivity contribution in [3.8, 4) is 5.88 Å². The maximum absolute atomic E-state index is 5.22. The number of methoxy groups -OCH3 is 1. The molecule has 1 saturated heterocycles. The van der Waals surface area contributed by atoms with Gasteiger partial charge in [0.15, 0.2) is 5.13 Å². The van der Waals surface area contributed by atoms with Gasteiger partial charge in [-0.1, -0.05) is 17.4 Å². The number of ether oxygens (including phenoxy) is 1. The number of pyridine rings is 2. The molecule has 4 rings (SSSR count). The Morgan fingerprint density at radius 2 is 2.16 bits per heavy atom. The number of piperazine rings is 1. The third kappa shape index (κ3) is 3.43. The second-order valence-electron chi connectivity index (χ2n) is 6.28. The van der Waals surface area contributed by atoms with E-state index in [1.165, 1.54) is 4.70 Å². The minimum Gasteiger partial charge on any atom is -0.481 e. The molecule has 3 aromatic heterocycles. The summed E-state index contributed by atoms with van der Waals surface area (Å²) in [6, 6.07) is 8.41. The van der Waals surface area contributed by atoms with Gasteiger partial charge in [-0.15, -0.1) is 0 Å². The van der Waals surface area contributed by atoms with E-state index in [-0.39, 0.29) is 0 Å². The van der Waals surface area contributed by atoms with Crippen LogP contribution in [-0.2, 0) is 6.54 Å². The molecule has 0 aliphatic carbocycles. The van der Waals surface area contributed by atoms with Crippen molar-refractivity contribution in [3.05, 3.63) is 42.4 Å². The van der Waals surface area contributed by atoms with Gasteiger partial charge in [0.05, 0.1) is 23.7 Å². The van der Waals surface area contributed by atoms with Crippen LogP contribution in [0.5, 0.6) is 5.88 Å². The quantitative estimate of drug-likeness (QED) is 0.717. The smallest absolute Gasteiger partial charge is 0.213 e. The maximum Gasteiger partial charge on any atom is 0.213 e. The summed E-state index contributed by atoms with van der Waals surface area (Å²) in [6.45, 7) is 6.05. The van der Waals surface area contributed by atoms with E-state index in [1.807, 2.05) is 30.6 Å². The van der Waals surface area contributed by atoms with Crippen molar-refractivity contribution in [2.45, 2.75) is 19.5 Å². The highest BCUT2D eigenvalue weighted by molar-refractivity contribution is 7.22. The minimum absolute atomic E-state index is 0.437. The number of hydrogen-bond donors (Lipinski definition) is 0. The molecule has 4 heterocycles. The molecule has 6 nitrogen and oxygen atoms in total. The lowest BCUT2D eigenvalue weighted by Gasteiger charge is -2.39. The van der Waals surface area contributed by atoms with Crippen molar-refractivity contribution >= 4 is 26.7 Å². The van der Waals surface area contributed by atoms with Crippen LogP contribution in [0.25, 0.3) is 10.2 Å². The van der Waals surface area contributed by atoms with Crippen LogP contribution < -0.4 is 9.64 Å². The van der Waals surface area contributed by atoms with Crippen molar-refractivity contribution in [3.63, 3.8) is 0 Å². The topological polar surface area (TPSA) is 54.4 Å². The molecule has 0 radical (unpaired) electrons. The number of fused-ring (bicyclic) bond motifs is 1. The standard InChI is InChI=1S/C18H21N5OS/c1-13-11-23(18-21-15-10-19-7-6-16(15)25-18)9-8-22(13)12-14-4-3-5-17(20-14)24-2/h3-7,10,13H,8-9,11-12H2,1-2H3. The third-order valence-electron chi connectivity index (χ3n) is 4.57. The van der Waals surface area contributed by atoms with Crippen LogP contribution in [0.15, 0.2) is 36.7 Å². The predicted molar refractivity (Wildman–Crippen MR) is 100 cm³/mol. The Hall–Kier alpha value is -2.25. The first-order chi connectivity index (χ1) is 12.2. The molecule has 7 heteroatoms. The second kappa shape index (κ2) is 6.93. The third-order valence-corrected chi connectivity index (χ3v) is 5.67. The molecule has 0 N–H and O–H groups in total. The van der Waals surface area contributed by atoms with Gasteiger partial charge in [0.25, 0.3) is 0 Å². The normalized spacial score (nSPS) is 18.6. The highest BCUT2D eigenvalue weighted by Gasteiger charge is 2.26. The molecule has 0 amide bonds. The molecule has 1 fully saturated rings. The van der Waals surface area contributed by atoms with E-state index < -0.39 is 0 Å². The van der Waals surface area contributed by atoms with Gasteiger partial charge in [-0.3, -0.25) is 9.88 Å². The van der Waals surface area contributed by atoms with Crippen molar-refractivity contribution in [1.29, 1.82) is 0 Å². The average molecular weight is 355 g/mol. The molecule has 1 atom stereocenters. The molecular formula is C18H21N5OS. The highest BCUT2D eigenvalue weighted by Crippen LogP contribution is 2.29. The first-order valence-electron chi connectivity index (χ1n) is 8.42.